The van der Waals surface area contributed by atoms with E-state index in [1.807, 2.05) is 11.8 Å². The number of hydrogen-bond acceptors (Lipinski definition) is 4. The first-order valence-corrected chi connectivity index (χ1v) is 9.27. The second-order valence-electron chi connectivity index (χ2n) is 7.71. The molecule has 1 aromatic heterocycles. The maximum Gasteiger partial charge on any atom is 0.341 e. The van der Waals surface area contributed by atoms with Crippen molar-refractivity contribution in [3.8, 4) is 0 Å². The Balaban J connectivity index is 2.21. The largest absolute Gasteiger partial charge is 0.477 e. The Labute approximate surface area is 157 Å². The summed E-state index contributed by atoms with van der Waals surface area (Å²) < 4.78 is 16.9. The number of anilines is 1. The molecule has 2 heterocycles. The van der Waals surface area contributed by atoms with Crippen LogP contribution in [0.1, 0.15) is 42.6 Å². The molecule has 0 spiro atoms. The zero-order valence-electron chi connectivity index (χ0n) is 16.0. The van der Waals surface area contributed by atoms with Gasteiger partial charge in [-0.1, -0.05) is 6.92 Å². The molecule has 2 aromatic rings. The molecule has 1 fully saturated rings. The predicted octanol–water partition coefficient (Wildman–Crippen LogP) is 2.73. The van der Waals surface area contributed by atoms with Gasteiger partial charge in [0.2, 0.25) is 5.43 Å². The van der Waals surface area contributed by atoms with Crippen LogP contribution in [0.3, 0.4) is 0 Å². The number of aryl methyl sites for hydroxylation is 2. The van der Waals surface area contributed by atoms with Crippen molar-refractivity contribution < 1.29 is 14.3 Å². The fourth-order valence-corrected chi connectivity index (χ4v) is 4.12. The van der Waals surface area contributed by atoms with Crippen LogP contribution in [0.25, 0.3) is 10.9 Å². The minimum Gasteiger partial charge on any atom is -0.477 e. The molecule has 1 saturated heterocycles. The Morgan fingerprint density at radius 1 is 1.44 bits per heavy atom. The minimum absolute atomic E-state index is 0.0433. The van der Waals surface area contributed by atoms with Crippen LogP contribution in [0.15, 0.2) is 17.1 Å². The van der Waals surface area contributed by atoms with E-state index >= 15 is 4.39 Å². The Hall–Kier alpha value is -2.41. The van der Waals surface area contributed by atoms with Crippen molar-refractivity contribution in [2.45, 2.75) is 40.2 Å². The summed E-state index contributed by atoms with van der Waals surface area (Å²) in [6.45, 7) is 8.07. The lowest BCUT2D eigenvalue weighted by Crippen LogP contribution is -2.28. The number of pyridine rings is 1. The molecule has 0 aliphatic carbocycles. The molecule has 146 valence electrons. The third-order valence-corrected chi connectivity index (χ3v) is 5.74. The maximum atomic E-state index is 15.2. The number of aromatic nitrogens is 1. The van der Waals surface area contributed by atoms with Gasteiger partial charge >= 0.3 is 5.97 Å². The summed E-state index contributed by atoms with van der Waals surface area (Å²) in [5.41, 5.74) is 6.01. The van der Waals surface area contributed by atoms with Crippen molar-refractivity contribution >= 4 is 22.6 Å². The second-order valence-corrected chi connectivity index (χ2v) is 7.71. The first kappa shape index (κ1) is 19.4. The number of carboxylic acid groups (broad SMARTS) is 1. The van der Waals surface area contributed by atoms with E-state index in [0.717, 1.165) is 19.4 Å². The van der Waals surface area contributed by atoms with Crippen LogP contribution < -0.4 is 16.1 Å². The van der Waals surface area contributed by atoms with Gasteiger partial charge in [0.1, 0.15) is 11.4 Å². The van der Waals surface area contributed by atoms with E-state index in [1.165, 1.54) is 6.20 Å². The fourth-order valence-electron chi connectivity index (χ4n) is 4.12. The van der Waals surface area contributed by atoms with Crippen molar-refractivity contribution in [2.24, 2.45) is 11.1 Å². The number of carbonyl (C=O) groups is 1. The van der Waals surface area contributed by atoms with Gasteiger partial charge in [0.25, 0.3) is 0 Å². The van der Waals surface area contributed by atoms with E-state index < -0.39 is 17.2 Å². The zero-order chi connectivity index (χ0) is 19.9. The summed E-state index contributed by atoms with van der Waals surface area (Å²) in [4.78, 5) is 26.1. The normalized spacial score (nSPS) is 19.8. The van der Waals surface area contributed by atoms with Crippen molar-refractivity contribution in [3.63, 3.8) is 0 Å². The smallest absolute Gasteiger partial charge is 0.341 e. The molecule has 1 unspecified atom stereocenters. The number of hydrogen-bond donors (Lipinski definition) is 2. The summed E-state index contributed by atoms with van der Waals surface area (Å²) in [6, 6.07) is 1.68. The van der Waals surface area contributed by atoms with Gasteiger partial charge in [0, 0.05) is 31.4 Å². The third kappa shape index (κ3) is 3.20. The van der Waals surface area contributed by atoms with Gasteiger partial charge in [-0.2, -0.15) is 0 Å². The SMILES string of the molecule is CCn1cc(C(=O)O)c(=O)c2c(C)c(F)c(N3CCC(C)(CCN)C3)cc21. The quantitative estimate of drug-likeness (QED) is 0.839. The van der Waals surface area contributed by atoms with Gasteiger partial charge in [0.15, 0.2) is 0 Å². The molecule has 27 heavy (non-hydrogen) atoms. The highest BCUT2D eigenvalue weighted by Crippen LogP contribution is 2.38. The highest BCUT2D eigenvalue weighted by molar-refractivity contribution is 5.95. The Morgan fingerprint density at radius 2 is 2.15 bits per heavy atom. The predicted molar refractivity (Wildman–Crippen MR) is 104 cm³/mol. The van der Waals surface area contributed by atoms with Crippen LogP contribution in [0.5, 0.6) is 0 Å². The lowest BCUT2D eigenvalue weighted by atomic mass is 9.86. The third-order valence-electron chi connectivity index (χ3n) is 5.74. The monoisotopic (exact) mass is 375 g/mol. The molecule has 3 N–H and O–H groups in total. The minimum atomic E-state index is -1.30. The van der Waals surface area contributed by atoms with Gasteiger partial charge in [-0.15, -0.1) is 0 Å². The molecule has 0 amide bonds. The van der Waals surface area contributed by atoms with Crippen LogP contribution in [-0.4, -0.2) is 35.3 Å². The van der Waals surface area contributed by atoms with Gasteiger partial charge in [-0.3, -0.25) is 4.79 Å². The van der Waals surface area contributed by atoms with Crippen molar-refractivity contribution in [1.29, 1.82) is 0 Å². The second kappa shape index (κ2) is 6.96. The number of fused-ring (bicyclic) bond motifs is 1. The number of benzene rings is 1. The average molecular weight is 375 g/mol. The van der Waals surface area contributed by atoms with Crippen molar-refractivity contribution in [2.75, 3.05) is 24.5 Å². The highest BCUT2D eigenvalue weighted by atomic mass is 19.1. The van der Waals surface area contributed by atoms with Crippen LogP contribution >= 0.6 is 0 Å². The molecule has 0 bridgehead atoms. The van der Waals surface area contributed by atoms with Crippen LogP contribution in [0.4, 0.5) is 10.1 Å². The molecule has 7 heteroatoms. The van der Waals surface area contributed by atoms with E-state index in [1.54, 1.807) is 17.6 Å². The lowest BCUT2D eigenvalue weighted by Gasteiger charge is -2.26. The average Bonchev–Trinajstić information content (AvgIpc) is 2.99. The van der Waals surface area contributed by atoms with E-state index in [2.05, 4.69) is 6.92 Å². The number of nitrogens with zero attached hydrogens (tertiary/aromatic N) is 2. The fraction of sp³-hybridized carbons (Fsp3) is 0.500. The number of halogens is 1. The number of carboxylic acids is 1. The summed E-state index contributed by atoms with van der Waals surface area (Å²) in [5, 5.41) is 9.46. The maximum absolute atomic E-state index is 15.2. The van der Waals surface area contributed by atoms with Crippen molar-refractivity contribution in [3.05, 3.63) is 39.4 Å². The van der Waals surface area contributed by atoms with E-state index in [4.69, 9.17) is 5.73 Å². The van der Waals surface area contributed by atoms with Crippen LogP contribution in [0.2, 0.25) is 0 Å². The molecule has 1 aliphatic rings. The van der Waals surface area contributed by atoms with Crippen LogP contribution in [0, 0.1) is 18.2 Å². The molecular formula is C20H26FN3O3. The van der Waals surface area contributed by atoms with E-state index in [9.17, 15) is 14.7 Å². The molecule has 0 saturated carbocycles. The zero-order valence-corrected chi connectivity index (χ0v) is 16.0. The Morgan fingerprint density at radius 3 is 2.74 bits per heavy atom. The van der Waals surface area contributed by atoms with Crippen LogP contribution in [-0.2, 0) is 6.54 Å². The van der Waals surface area contributed by atoms with Gasteiger partial charge in [-0.05, 0) is 44.7 Å². The van der Waals surface area contributed by atoms with Gasteiger partial charge < -0.3 is 20.3 Å². The standard InChI is InChI=1S/C20H26FN3O3/c1-4-23-10-13(19(26)27)18(25)16-12(2)17(21)15(9-14(16)23)24-8-6-20(3,11-24)5-7-22/h9-10H,4-8,11,22H2,1-3H3,(H,26,27). The summed E-state index contributed by atoms with van der Waals surface area (Å²) in [5.74, 6) is -1.76. The molecular weight excluding hydrogens is 349 g/mol. The summed E-state index contributed by atoms with van der Waals surface area (Å²) >= 11 is 0. The first-order valence-electron chi connectivity index (χ1n) is 9.27. The topological polar surface area (TPSA) is 88.6 Å². The van der Waals surface area contributed by atoms with E-state index in [0.29, 0.717) is 30.8 Å². The highest BCUT2D eigenvalue weighted by Gasteiger charge is 2.35. The van der Waals surface area contributed by atoms with Gasteiger partial charge in [0.05, 0.1) is 16.6 Å². The van der Waals surface area contributed by atoms with Gasteiger partial charge in [-0.25, -0.2) is 9.18 Å². The number of rotatable bonds is 5. The molecule has 3 rings (SSSR count). The Kier molecular flexibility index (Phi) is 4.99. The first-order chi connectivity index (χ1) is 12.7. The molecule has 1 atom stereocenters. The number of aromatic carboxylic acids is 1. The lowest BCUT2D eigenvalue weighted by molar-refractivity contribution is 0.0695. The number of nitrogens with two attached hydrogens (primary N) is 1. The molecule has 0 radical (unpaired) electrons. The summed E-state index contributed by atoms with van der Waals surface area (Å²) in [7, 11) is 0. The molecule has 1 aromatic carbocycles. The molecule has 1 aliphatic heterocycles. The van der Waals surface area contributed by atoms with E-state index in [-0.39, 0.29) is 21.9 Å². The molecule has 6 nitrogen and oxygen atoms in total. The van der Waals surface area contributed by atoms with Crippen molar-refractivity contribution in [1.82, 2.24) is 4.57 Å². The Bertz CT molecular complexity index is 969. The summed E-state index contributed by atoms with van der Waals surface area (Å²) in [6.07, 6.45) is 3.15.